The number of nitrogens with one attached hydrogen (secondary N) is 2. The van der Waals surface area contributed by atoms with Crippen molar-refractivity contribution in [1.29, 1.82) is 5.26 Å². The van der Waals surface area contributed by atoms with Gasteiger partial charge in [-0.15, -0.1) is 0 Å². The summed E-state index contributed by atoms with van der Waals surface area (Å²) < 4.78 is 5.44. The van der Waals surface area contributed by atoms with E-state index >= 15 is 0 Å². The summed E-state index contributed by atoms with van der Waals surface area (Å²) >= 11 is 0. The molecule has 124 valence electrons. The minimum absolute atomic E-state index is 0.0688. The van der Waals surface area contributed by atoms with E-state index in [0.717, 1.165) is 0 Å². The maximum absolute atomic E-state index is 12.9. The van der Waals surface area contributed by atoms with Crippen LogP contribution in [0.1, 0.15) is 17.1 Å². The van der Waals surface area contributed by atoms with Crippen LogP contribution in [-0.2, 0) is 10.2 Å². The summed E-state index contributed by atoms with van der Waals surface area (Å²) in [5.41, 5.74) is 4.66. The van der Waals surface area contributed by atoms with Crippen LogP contribution < -0.4 is 16.4 Å². The van der Waals surface area contributed by atoms with Gasteiger partial charge in [0.05, 0.1) is 10.5 Å². The van der Waals surface area contributed by atoms with Gasteiger partial charge in [-0.25, -0.2) is 4.98 Å². The normalized spacial score (nSPS) is 20.6. The van der Waals surface area contributed by atoms with Crippen LogP contribution in [-0.4, -0.2) is 15.8 Å². The number of nitrogens with zero attached hydrogens (tertiary/aromatic N) is 3. The zero-order valence-corrected chi connectivity index (χ0v) is 12.8. The lowest BCUT2D eigenvalue weighted by Crippen LogP contribution is -2.43. The Kier molecular flexibility index (Phi) is 2.69. The van der Waals surface area contributed by atoms with Gasteiger partial charge in [0.1, 0.15) is 17.6 Å². The number of aromatic nitrogens is 1. The summed E-state index contributed by atoms with van der Waals surface area (Å²) in [5, 5.41) is 26.2. The number of benzene rings is 1. The molecule has 0 aliphatic carbocycles. The molecular weight excluding hydrogens is 328 g/mol. The molecule has 4 rings (SSSR count). The van der Waals surface area contributed by atoms with E-state index in [1.807, 2.05) is 6.07 Å². The zero-order chi connectivity index (χ0) is 17.9. The molecular formula is C15H10N6O4. The standard InChI is InChI=1S/C15H10N6O4/c1-6-18-11-13(25-6)20-12(17)9(5-16)15(11)8-4-7(21(23)24)2-3-10(8)19-14(15)22/h2-4,20H,17H2,1H3,(H,19,22). The lowest BCUT2D eigenvalue weighted by molar-refractivity contribution is -0.384. The van der Waals surface area contributed by atoms with E-state index in [0.29, 0.717) is 5.69 Å². The number of nitriles is 1. The molecule has 1 spiro atoms. The number of amides is 1. The second kappa shape index (κ2) is 4.57. The molecule has 10 nitrogen and oxygen atoms in total. The fourth-order valence-corrected chi connectivity index (χ4v) is 3.30. The average molecular weight is 338 g/mol. The number of carbonyl (C=O) groups excluding carboxylic acids is 1. The molecule has 0 saturated carbocycles. The first-order chi connectivity index (χ1) is 11.9. The summed E-state index contributed by atoms with van der Waals surface area (Å²) in [5.74, 6) is -0.252. The first-order valence-corrected chi connectivity index (χ1v) is 7.15. The summed E-state index contributed by atoms with van der Waals surface area (Å²) in [4.78, 5) is 27.8. The number of aryl methyl sites for hydroxylation is 1. The molecule has 10 heteroatoms. The molecule has 3 heterocycles. The van der Waals surface area contributed by atoms with Gasteiger partial charge in [0.15, 0.2) is 11.3 Å². The second-order valence-corrected chi connectivity index (χ2v) is 5.63. The summed E-state index contributed by atoms with van der Waals surface area (Å²) in [6.45, 7) is 1.58. The Morgan fingerprint density at radius 1 is 1.44 bits per heavy atom. The van der Waals surface area contributed by atoms with Crippen LogP contribution in [0.2, 0.25) is 0 Å². The Hall–Kier alpha value is -3.87. The predicted octanol–water partition coefficient (Wildman–Crippen LogP) is 1.25. The smallest absolute Gasteiger partial charge is 0.269 e. The van der Waals surface area contributed by atoms with Gasteiger partial charge in [-0.05, 0) is 6.07 Å². The van der Waals surface area contributed by atoms with Gasteiger partial charge in [0, 0.05) is 30.3 Å². The van der Waals surface area contributed by atoms with Crippen molar-refractivity contribution < 1.29 is 14.1 Å². The quantitative estimate of drug-likeness (QED) is 0.517. The molecule has 1 amide bonds. The first kappa shape index (κ1) is 14.7. The minimum atomic E-state index is -1.70. The van der Waals surface area contributed by atoms with Gasteiger partial charge in [-0.3, -0.25) is 14.9 Å². The fraction of sp³-hybridized carbons (Fsp3) is 0.133. The number of nitro groups is 1. The summed E-state index contributed by atoms with van der Waals surface area (Å²) in [6, 6.07) is 5.87. The number of anilines is 2. The predicted molar refractivity (Wildman–Crippen MR) is 84.2 cm³/mol. The van der Waals surface area contributed by atoms with E-state index in [4.69, 9.17) is 10.2 Å². The Bertz CT molecular complexity index is 1050. The molecule has 2 aliphatic heterocycles. The van der Waals surface area contributed by atoms with Crippen LogP contribution in [0, 0.1) is 28.4 Å². The van der Waals surface area contributed by atoms with Crippen molar-refractivity contribution in [2.75, 3.05) is 10.6 Å². The topological polar surface area (TPSA) is 160 Å². The third-order valence-corrected chi connectivity index (χ3v) is 4.30. The number of rotatable bonds is 1. The number of fused-ring (bicyclic) bond motifs is 4. The van der Waals surface area contributed by atoms with Gasteiger partial charge in [0.25, 0.3) is 5.69 Å². The van der Waals surface area contributed by atoms with Crippen molar-refractivity contribution in [2.24, 2.45) is 5.73 Å². The van der Waals surface area contributed by atoms with Crippen molar-refractivity contribution in [3.63, 3.8) is 0 Å². The molecule has 4 N–H and O–H groups in total. The Balaban J connectivity index is 2.13. The highest BCUT2D eigenvalue weighted by Crippen LogP contribution is 2.52. The van der Waals surface area contributed by atoms with Crippen LogP contribution in [0.3, 0.4) is 0 Å². The highest BCUT2D eigenvalue weighted by Gasteiger charge is 2.58. The monoisotopic (exact) mass is 338 g/mol. The van der Waals surface area contributed by atoms with E-state index in [-0.39, 0.29) is 40.1 Å². The van der Waals surface area contributed by atoms with Crippen molar-refractivity contribution in [2.45, 2.75) is 12.3 Å². The van der Waals surface area contributed by atoms with Crippen molar-refractivity contribution >= 4 is 23.2 Å². The summed E-state index contributed by atoms with van der Waals surface area (Å²) in [6.07, 6.45) is 0. The third-order valence-electron chi connectivity index (χ3n) is 4.30. The lowest BCUT2D eigenvalue weighted by Gasteiger charge is -2.30. The largest absolute Gasteiger partial charge is 0.425 e. The molecule has 1 aromatic carbocycles. The van der Waals surface area contributed by atoms with Gasteiger partial charge >= 0.3 is 0 Å². The van der Waals surface area contributed by atoms with Crippen molar-refractivity contribution in [3.8, 4) is 6.07 Å². The second-order valence-electron chi connectivity index (χ2n) is 5.63. The van der Waals surface area contributed by atoms with Crippen LogP contribution in [0.15, 0.2) is 34.0 Å². The highest BCUT2D eigenvalue weighted by atomic mass is 16.6. The molecule has 2 aromatic rings. The van der Waals surface area contributed by atoms with Crippen LogP contribution in [0.4, 0.5) is 17.3 Å². The SMILES string of the molecule is Cc1nc2c(o1)NC(N)=C(C#N)C21C(=O)Nc2ccc([N+](=O)[O-])cc21. The molecule has 0 radical (unpaired) electrons. The molecule has 25 heavy (non-hydrogen) atoms. The van der Waals surface area contributed by atoms with Crippen LogP contribution >= 0.6 is 0 Å². The van der Waals surface area contributed by atoms with Gasteiger partial charge in [0.2, 0.25) is 11.8 Å². The molecule has 0 saturated heterocycles. The molecule has 0 fully saturated rings. The van der Waals surface area contributed by atoms with E-state index < -0.39 is 16.2 Å². The van der Waals surface area contributed by atoms with Crippen molar-refractivity contribution in [1.82, 2.24) is 4.98 Å². The van der Waals surface area contributed by atoms with Crippen molar-refractivity contribution in [3.05, 3.63) is 56.9 Å². The summed E-state index contributed by atoms with van der Waals surface area (Å²) in [7, 11) is 0. The number of oxazole rings is 1. The maximum Gasteiger partial charge on any atom is 0.269 e. The number of nitrogens with two attached hydrogens (primary N) is 1. The zero-order valence-electron chi connectivity index (χ0n) is 12.8. The molecule has 1 atom stereocenters. The highest BCUT2D eigenvalue weighted by molar-refractivity contribution is 6.13. The molecule has 2 aliphatic rings. The van der Waals surface area contributed by atoms with E-state index in [1.165, 1.54) is 18.2 Å². The van der Waals surface area contributed by atoms with E-state index in [2.05, 4.69) is 15.6 Å². The van der Waals surface area contributed by atoms with Gasteiger partial charge in [-0.1, -0.05) is 0 Å². The lowest BCUT2D eigenvalue weighted by atomic mass is 9.71. The van der Waals surface area contributed by atoms with Crippen LogP contribution in [0.25, 0.3) is 0 Å². The Morgan fingerprint density at radius 3 is 2.88 bits per heavy atom. The number of carbonyl (C=O) groups is 1. The Labute approximate surface area is 140 Å². The van der Waals surface area contributed by atoms with E-state index in [9.17, 15) is 20.2 Å². The number of hydrogen-bond donors (Lipinski definition) is 3. The van der Waals surface area contributed by atoms with Gasteiger partial charge < -0.3 is 20.8 Å². The first-order valence-electron chi connectivity index (χ1n) is 7.15. The Morgan fingerprint density at radius 2 is 2.20 bits per heavy atom. The van der Waals surface area contributed by atoms with E-state index in [1.54, 1.807) is 6.92 Å². The number of hydrogen-bond acceptors (Lipinski definition) is 8. The molecule has 1 aromatic heterocycles. The fourth-order valence-electron chi connectivity index (χ4n) is 3.30. The average Bonchev–Trinajstić information content (AvgIpc) is 3.06. The van der Waals surface area contributed by atoms with Crippen LogP contribution in [0.5, 0.6) is 0 Å². The minimum Gasteiger partial charge on any atom is -0.425 e. The third kappa shape index (κ3) is 1.66. The molecule has 0 bridgehead atoms. The number of non-ortho nitro benzene ring substituents is 1. The molecule has 1 unspecified atom stereocenters. The maximum atomic E-state index is 12.9. The van der Waals surface area contributed by atoms with Gasteiger partial charge in [-0.2, -0.15) is 5.26 Å². The number of nitro benzene ring substituents is 1.